The summed E-state index contributed by atoms with van der Waals surface area (Å²) in [6, 6.07) is 10.9. The summed E-state index contributed by atoms with van der Waals surface area (Å²) in [6.45, 7) is 0. The maximum Gasteiger partial charge on any atom is 0.216 e. The fourth-order valence-electron chi connectivity index (χ4n) is 2.51. The van der Waals surface area contributed by atoms with E-state index in [9.17, 15) is 0 Å². The zero-order chi connectivity index (χ0) is 19.4. The van der Waals surface area contributed by atoms with E-state index in [1.165, 1.54) is 4.68 Å². The lowest BCUT2D eigenvalue weighted by Crippen LogP contribution is -1.99. The molecule has 0 amide bonds. The zero-order valence-corrected chi connectivity index (χ0v) is 16.5. The van der Waals surface area contributed by atoms with E-state index in [0.29, 0.717) is 38.4 Å². The summed E-state index contributed by atoms with van der Waals surface area (Å²) in [5.74, 6) is 2.00. The third-order valence-corrected chi connectivity index (χ3v) is 4.24. The van der Waals surface area contributed by atoms with E-state index in [1.807, 2.05) is 12.1 Å². The van der Waals surface area contributed by atoms with E-state index in [0.717, 1.165) is 5.56 Å². The van der Waals surface area contributed by atoms with Gasteiger partial charge in [-0.2, -0.15) is 14.9 Å². The second-order valence-electron chi connectivity index (χ2n) is 5.38. The molecule has 7 nitrogen and oxygen atoms in total. The van der Waals surface area contributed by atoms with Crippen molar-refractivity contribution in [2.45, 2.75) is 0 Å². The molecule has 3 rings (SSSR count). The van der Waals surface area contributed by atoms with Gasteiger partial charge in [0.1, 0.15) is 0 Å². The molecule has 0 radical (unpaired) electrons. The smallest absolute Gasteiger partial charge is 0.216 e. The van der Waals surface area contributed by atoms with Gasteiger partial charge in [0.2, 0.25) is 10.5 Å². The van der Waals surface area contributed by atoms with Crippen LogP contribution in [0.1, 0.15) is 5.56 Å². The summed E-state index contributed by atoms with van der Waals surface area (Å²) in [5.41, 5.74) is 1.53. The van der Waals surface area contributed by atoms with E-state index in [2.05, 4.69) is 15.3 Å². The van der Waals surface area contributed by atoms with Gasteiger partial charge in [0, 0.05) is 10.6 Å². The Bertz CT molecular complexity index is 1020. The predicted octanol–water partition coefficient (Wildman–Crippen LogP) is 4.17. The molecule has 0 unspecified atom stereocenters. The summed E-state index contributed by atoms with van der Waals surface area (Å²) >= 11 is 11.3. The molecule has 0 aliphatic heterocycles. The highest BCUT2D eigenvalue weighted by Gasteiger charge is 2.17. The first-order chi connectivity index (χ1) is 13.1. The molecule has 0 bridgehead atoms. The van der Waals surface area contributed by atoms with Gasteiger partial charge in [0.15, 0.2) is 17.3 Å². The number of methoxy groups -OCH3 is 3. The van der Waals surface area contributed by atoms with Crippen LogP contribution in [0, 0.1) is 4.77 Å². The van der Waals surface area contributed by atoms with Gasteiger partial charge >= 0.3 is 0 Å². The van der Waals surface area contributed by atoms with Gasteiger partial charge in [-0.1, -0.05) is 23.7 Å². The van der Waals surface area contributed by atoms with E-state index in [4.69, 9.17) is 38.0 Å². The fraction of sp³-hybridized carbons (Fsp3) is 0.167. The SMILES string of the molecule is COc1cc(-c2n[nH]c(=S)n2/N=C\c2cccc(Cl)c2)cc(OC)c1OC. The lowest BCUT2D eigenvalue weighted by Gasteiger charge is -2.13. The summed E-state index contributed by atoms with van der Waals surface area (Å²) < 4.78 is 18.0. The van der Waals surface area contributed by atoms with Crippen molar-refractivity contribution in [1.82, 2.24) is 14.9 Å². The Morgan fingerprint density at radius 3 is 2.41 bits per heavy atom. The topological polar surface area (TPSA) is 73.7 Å². The van der Waals surface area contributed by atoms with Crippen LogP contribution in [0.15, 0.2) is 41.5 Å². The fourth-order valence-corrected chi connectivity index (χ4v) is 2.89. The Morgan fingerprint density at radius 1 is 1.11 bits per heavy atom. The summed E-state index contributed by atoms with van der Waals surface area (Å²) in [4.78, 5) is 0. The number of H-pyrrole nitrogens is 1. The number of hydrogen-bond acceptors (Lipinski definition) is 6. The van der Waals surface area contributed by atoms with E-state index < -0.39 is 0 Å². The minimum absolute atomic E-state index is 0.344. The molecular weight excluding hydrogens is 388 g/mol. The van der Waals surface area contributed by atoms with Crippen LogP contribution < -0.4 is 14.2 Å². The number of benzene rings is 2. The molecule has 140 valence electrons. The molecule has 3 aromatic rings. The second kappa shape index (κ2) is 8.24. The van der Waals surface area contributed by atoms with Gasteiger partial charge in [-0.3, -0.25) is 0 Å². The van der Waals surface area contributed by atoms with Crippen molar-refractivity contribution in [2.75, 3.05) is 21.3 Å². The maximum atomic E-state index is 6.01. The molecule has 0 saturated carbocycles. The number of rotatable bonds is 6. The molecule has 0 atom stereocenters. The summed E-state index contributed by atoms with van der Waals surface area (Å²) in [6.07, 6.45) is 1.65. The summed E-state index contributed by atoms with van der Waals surface area (Å²) in [7, 11) is 4.65. The van der Waals surface area contributed by atoms with Crippen LogP contribution in [0.4, 0.5) is 0 Å². The van der Waals surface area contributed by atoms with Crippen LogP contribution in [0.2, 0.25) is 5.02 Å². The van der Waals surface area contributed by atoms with E-state index >= 15 is 0 Å². The predicted molar refractivity (Wildman–Crippen MR) is 107 cm³/mol. The molecule has 0 spiro atoms. The second-order valence-corrected chi connectivity index (χ2v) is 6.20. The minimum atomic E-state index is 0.344. The Morgan fingerprint density at radius 2 is 1.81 bits per heavy atom. The molecule has 27 heavy (non-hydrogen) atoms. The molecule has 0 fully saturated rings. The van der Waals surface area contributed by atoms with Crippen molar-refractivity contribution in [2.24, 2.45) is 5.10 Å². The van der Waals surface area contributed by atoms with Gasteiger partial charge in [-0.05, 0) is 42.0 Å². The number of nitrogens with zero attached hydrogens (tertiary/aromatic N) is 3. The van der Waals surface area contributed by atoms with Gasteiger partial charge in [-0.15, -0.1) is 0 Å². The van der Waals surface area contributed by atoms with Crippen molar-refractivity contribution in [3.05, 3.63) is 51.8 Å². The van der Waals surface area contributed by atoms with Crippen molar-refractivity contribution in [3.63, 3.8) is 0 Å². The Hall–Kier alpha value is -2.84. The van der Waals surface area contributed by atoms with Gasteiger partial charge in [0.05, 0.1) is 27.5 Å². The normalized spacial score (nSPS) is 11.0. The number of aromatic nitrogens is 3. The first-order valence-electron chi connectivity index (χ1n) is 7.85. The van der Waals surface area contributed by atoms with Crippen molar-refractivity contribution >= 4 is 30.0 Å². The van der Waals surface area contributed by atoms with E-state index in [-0.39, 0.29) is 0 Å². The number of halogens is 1. The van der Waals surface area contributed by atoms with Gasteiger partial charge in [-0.25, -0.2) is 5.10 Å². The van der Waals surface area contributed by atoms with Gasteiger partial charge < -0.3 is 14.2 Å². The molecule has 0 aliphatic carbocycles. The molecule has 0 saturated heterocycles. The highest BCUT2D eigenvalue weighted by atomic mass is 35.5. The highest BCUT2D eigenvalue weighted by molar-refractivity contribution is 7.71. The zero-order valence-electron chi connectivity index (χ0n) is 14.9. The van der Waals surface area contributed by atoms with Crippen LogP contribution in [-0.2, 0) is 0 Å². The number of ether oxygens (including phenoxy) is 3. The third-order valence-electron chi connectivity index (χ3n) is 3.74. The monoisotopic (exact) mass is 404 g/mol. The van der Waals surface area contributed by atoms with Crippen LogP contribution in [0.5, 0.6) is 17.2 Å². The Labute approximate surface area is 166 Å². The number of nitrogens with one attached hydrogen (secondary N) is 1. The lowest BCUT2D eigenvalue weighted by molar-refractivity contribution is 0.324. The van der Waals surface area contributed by atoms with Crippen molar-refractivity contribution in [1.29, 1.82) is 0 Å². The molecular formula is C18H17ClN4O3S. The Kier molecular flexibility index (Phi) is 5.78. The standard InChI is InChI=1S/C18H17ClN4O3S/c1-24-14-8-12(9-15(25-2)16(14)26-3)17-21-22-18(27)23(17)20-10-11-5-4-6-13(19)7-11/h4-10H,1-3H3,(H,22,27)/b20-10-. The molecule has 9 heteroatoms. The Balaban J connectivity index is 2.08. The molecule has 2 aromatic carbocycles. The summed E-state index contributed by atoms with van der Waals surface area (Å²) in [5, 5.41) is 12.1. The van der Waals surface area contributed by atoms with Crippen LogP contribution in [0.25, 0.3) is 11.4 Å². The average Bonchev–Trinajstić information content (AvgIpc) is 3.05. The van der Waals surface area contributed by atoms with Gasteiger partial charge in [0.25, 0.3) is 0 Å². The number of hydrogen-bond donors (Lipinski definition) is 1. The minimum Gasteiger partial charge on any atom is -0.493 e. The van der Waals surface area contributed by atoms with E-state index in [1.54, 1.807) is 51.8 Å². The highest BCUT2D eigenvalue weighted by Crippen LogP contribution is 2.40. The molecule has 1 aromatic heterocycles. The largest absolute Gasteiger partial charge is 0.493 e. The molecule has 1 N–H and O–H groups in total. The van der Waals surface area contributed by atoms with Crippen LogP contribution in [0.3, 0.4) is 0 Å². The van der Waals surface area contributed by atoms with Crippen molar-refractivity contribution < 1.29 is 14.2 Å². The lowest BCUT2D eigenvalue weighted by atomic mass is 10.1. The van der Waals surface area contributed by atoms with Crippen molar-refractivity contribution in [3.8, 4) is 28.6 Å². The third kappa shape index (κ3) is 3.96. The maximum absolute atomic E-state index is 6.01. The quantitative estimate of drug-likeness (QED) is 0.493. The first kappa shape index (κ1) is 18.9. The number of aromatic amines is 1. The van der Waals surface area contributed by atoms with Crippen LogP contribution in [-0.4, -0.2) is 42.4 Å². The molecule has 0 aliphatic rings. The molecule has 1 heterocycles. The van der Waals surface area contributed by atoms with Crippen LogP contribution >= 0.6 is 23.8 Å². The first-order valence-corrected chi connectivity index (χ1v) is 8.63. The average molecular weight is 405 g/mol.